The van der Waals surface area contributed by atoms with Gasteiger partial charge in [-0.2, -0.15) is 9.97 Å². The normalized spacial score (nSPS) is 19.4. The van der Waals surface area contributed by atoms with E-state index in [0.717, 1.165) is 5.56 Å². The van der Waals surface area contributed by atoms with E-state index >= 15 is 0 Å². The number of hydrogen-bond acceptors (Lipinski definition) is 10. The lowest BCUT2D eigenvalue weighted by molar-refractivity contribution is -0.192. The predicted octanol–water partition coefficient (Wildman–Crippen LogP) is 3.67. The molecule has 1 aliphatic rings. The van der Waals surface area contributed by atoms with Gasteiger partial charge in [-0.1, -0.05) is 30.3 Å². The Bertz CT molecular complexity index is 1630. The molecule has 4 aromatic rings. The Hall–Kier alpha value is -4.57. The van der Waals surface area contributed by atoms with Crippen LogP contribution in [0.15, 0.2) is 61.2 Å². The first-order valence-corrected chi connectivity index (χ1v) is 13.9. The van der Waals surface area contributed by atoms with Gasteiger partial charge in [0.1, 0.15) is 6.23 Å². The molecule has 4 heterocycles. The molecule has 1 aromatic carbocycles. The third-order valence-corrected chi connectivity index (χ3v) is 7.27. The number of fused-ring (bicyclic) bond motifs is 1. The van der Waals surface area contributed by atoms with Crippen LogP contribution in [-0.4, -0.2) is 66.5 Å². The van der Waals surface area contributed by atoms with Crippen LogP contribution >= 0.6 is 11.6 Å². The summed E-state index contributed by atoms with van der Waals surface area (Å²) in [5.41, 5.74) is 0.190. The zero-order chi connectivity index (χ0) is 30.4. The summed E-state index contributed by atoms with van der Waals surface area (Å²) in [6, 6.07) is 12.5. The lowest BCUT2D eigenvalue weighted by Gasteiger charge is -2.29. The molecule has 43 heavy (non-hydrogen) atoms. The van der Waals surface area contributed by atoms with Crippen molar-refractivity contribution in [2.24, 2.45) is 5.92 Å². The van der Waals surface area contributed by atoms with Crippen molar-refractivity contribution in [1.82, 2.24) is 24.5 Å². The molecule has 2 N–H and O–H groups in total. The number of nitrogens with zero attached hydrogens (tertiary/aromatic N) is 5. The number of nitrogens with one attached hydrogen (secondary N) is 1. The van der Waals surface area contributed by atoms with Gasteiger partial charge in [-0.25, -0.2) is 14.6 Å². The first kappa shape index (κ1) is 29.9. The Balaban J connectivity index is 1.36. The monoisotopic (exact) mass is 604 g/mol. The van der Waals surface area contributed by atoms with Crippen LogP contribution in [0, 0.1) is 18.3 Å². The lowest BCUT2D eigenvalue weighted by Crippen LogP contribution is -2.53. The van der Waals surface area contributed by atoms with Gasteiger partial charge in [0.15, 0.2) is 17.0 Å². The van der Waals surface area contributed by atoms with Crippen LogP contribution in [0.1, 0.15) is 30.7 Å². The molecule has 12 nitrogen and oxygen atoms in total. The average molecular weight is 605 g/mol. The van der Waals surface area contributed by atoms with Gasteiger partial charge in [0.05, 0.1) is 31.6 Å². The molecular formula is C30H29ClN6O6. The number of anilines is 1. The molecule has 0 amide bonds. The molecule has 1 unspecified atom stereocenters. The van der Waals surface area contributed by atoms with E-state index in [2.05, 4.69) is 31.2 Å². The van der Waals surface area contributed by atoms with Crippen LogP contribution in [0.5, 0.6) is 0 Å². The summed E-state index contributed by atoms with van der Waals surface area (Å²) in [5.74, 6) is 0.211. The fourth-order valence-corrected chi connectivity index (χ4v) is 5.07. The van der Waals surface area contributed by atoms with Crippen molar-refractivity contribution in [3.8, 4) is 12.3 Å². The van der Waals surface area contributed by atoms with Gasteiger partial charge in [-0.05, 0) is 41.8 Å². The molecule has 0 saturated carbocycles. The number of carbonyl (C=O) groups excluding carboxylic acids is 1. The largest absolute Gasteiger partial charge is 0.479 e. The zero-order valence-electron chi connectivity index (χ0n) is 23.2. The number of rotatable bonds is 12. The number of aromatic nitrogens is 5. The third kappa shape index (κ3) is 6.44. The number of esters is 1. The van der Waals surface area contributed by atoms with Crippen molar-refractivity contribution >= 4 is 40.5 Å². The maximum atomic E-state index is 13.0. The molecule has 1 aliphatic heterocycles. The number of hydrogen-bond donors (Lipinski definition) is 2. The van der Waals surface area contributed by atoms with Gasteiger partial charge in [-0.3, -0.25) is 9.55 Å². The van der Waals surface area contributed by atoms with Gasteiger partial charge in [-0.15, -0.1) is 12.3 Å². The van der Waals surface area contributed by atoms with Crippen LogP contribution in [0.4, 0.5) is 5.82 Å². The number of carboxylic acid groups (broad SMARTS) is 1. The SMILES string of the molecule is C#C[C@@H]1C[C@H](n2cnc3c(NCc4ccncc4)nc(Cl)nc32)O[C@@H]1COC(Cc1ccccc1)(C(=O)O)C(=O)OCC. The number of aliphatic carboxylic acids is 1. The number of terminal acetylenes is 1. The standard InChI is InChI=1S/C30H29ClN6O6/c1-3-21-14-23(37-18-34-24-25(35-29(31)36-26(24)37)33-16-20-10-12-32-13-11-20)43-22(21)17-42-30(27(38)39,28(40)41-4-2)15-19-8-6-5-7-9-19/h1,5-13,18,21-23H,4,14-17H2,2H3,(H,38,39)(H,33,35,36)/t21-,22-,23-,30?/m1/s1. The molecule has 0 aliphatic carbocycles. The van der Waals surface area contributed by atoms with Crippen molar-refractivity contribution in [2.75, 3.05) is 18.5 Å². The second kappa shape index (κ2) is 13.2. The molecule has 0 radical (unpaired) electrons. The Morgan fingerprint density at radius 1 is 1.21 bits per heavy atom. The van der Waals surface area contributed by atoms with Gasteiger partial charge in [0.2, 0.25) is 5.28 Å². The predicted molar refractivity (Wildman–Crippen MR) is 156 cm³/mol. The number of carboxylic acids is 1. The third-order valence-electron chi connectivity index (χ3n) is 7.10. The van der Waals surface area contributed by atoms with Crippen molar-refractivity contribution in [3.05, 3.63) is 77.6 Å². The molecule has 4 atom stereocenters. The molecule has 1 fully saturated rings. The van der Waals surface area contributed by atoms with E-state index in [1.54, 1.807) is 60.5 Å². The van der Waals surface area contributed by atoms with Crippen LogP contribution in [0.2, 0.25) is 5.28 Å². The van der Waals surface area contributed by atoms with Crippen LogP contribution in [-0.2, 0) is 36.8 Å². The van der Waals surface area contributed by atoms with Crippen molar-refractivity contribution in [1.29, 1.82) is 0 Å². The fourth-order valence-electron chi connectivity index (χ4n) is 4.90. The minimum atomic E-state index is -2.30. The molecule has 0 bridgehead atoms. The highest BCUT2D eigenvalue weighted by Gasteiger charge is 2.51. The Morgan fingerprint density at radius 3 is 2.67 bits per heavy atom. The molecular weight excluding hydrogens is 576 g/mol. The van der Waals surface area contributed by atoms with E-state index in [-0.39, 0.29) is 24.9 Å². The number of ether oxygens (including phenoxy) is 3. The topological polar surface area (TPSA) is 151 Å². The molecule has 5 rings (SSSR count). The van der Waals surface area contributed by atoms with E-state index in [0.29, 0.717) is 35.5 Å². The highest BCUT2D eigenvalue weighted by atomic mass is 35.5. The van der Waals surface area contributed by atoms with Gasteiger partial charge in [0.25, 0.3) is 5.60 Å². The molecule has 0 spiro atoms. The summed E-state index contributed by atoms with van der Waals surface area (Å²) in [7, 11) is 0. The summed E-state index contributed by atoms with van der Waals surface area (Å²) in [6.07, 6.45) is 9.56. The highest BCUT2D eigenvalue weighted by Crippen LogP contribution is 2.37. The number of halogens is 1. The first-order valence-electron chi connectivity index (χ1n) is 13.6. The number of benzene rings is 1. The summed E-state index contributed by atoms with van der Waals surface area (Å²) in [6.45, 7) is 1.77. The number of imidazole rings is 1. The Labute approximate surface area is 252 Å². The van der Waals surface area contributed by atoms with Crippen LogP contribution < -0.4 is 5.32 Å². The van der Waals surface area contributed by atoms with E-state index in [1.165, 1.54) is 0 Å². The van der Waals surface area contributed by atoms with E-state index in [1.807, 2.05) is 12.1 Å². The summed E-state index contributed by atoms with van der Waals surface area (Å²) in [5, 5.41) is 13.5. The maximum Gasteiger partial charge on any atom is 0.350 e. The molecule has 3 aromatic heterocycles. The fraction of sp³-hybridized carbons (Fsp3) is 0.333. The minimum absolute atomic E-state index is 0.0134. The molecule has 222 valence electrons. The lowest BCUT2D eigenvalue weighted by atomic mass is 9.93. The minimum Gasteiger partial charge on any atom is -0.479 e. The smallest absolute Gasteiger partial charge is 0.350 e. The van der Waals surface area contributed by atoms with Gasteiger partial charge < -0.3 is 24.6 Å². The van der Waals surface area contributed by atoms with Crippen LogP contribution in [0.25, 0.3) is 11.2 Å². The molecule has 1 saturated heterocycles. The quantitative estimate of drug-likeness (QED) is 0.105. The summed E-state index contributed by atoms with van der Waals surface area (Å²) >= 11 is 6.27. The van der Waals surface area contributed by atoms with Crippen molar-refractivity contribution < 1.29 is 28.9 Å². The van der Waals surface area contributed by atoms with E-state index < -0.39 is 35.8 Å². The Morgan fingerprint density at radius 2 is 1.98 bits per heavy atom. The van der Waals surface area contributed by atoms with E-state index in [9.17, 15) is 14.7 Å². The van der Waals surface area contributed by atoms with Gasteiger partial charge >= 0.3 is 11.9 Å². The van der Waals surface area contributed by atoms with Crippen molar-refractivity contribution in [2.45, 2.75) is 44.2 Å². The number of carbonyl (C=O) groups is 2. The number of pyridine rings is 1. The highest BCUT2D eigenvalue weighted by molar-refractivity contribution is 6.28. The second-order valence-corrected chi connectivity index (χ2v) is 10.2. The summed E-state index contributed by atoms with van der Waals surface area (Å²) < 4.78 is 19.0. The first-order chi connectivity index (χ1) is 20.8. The van der Waals surface area contributed by atoms with E-state index in [4.69, 9.17) is 32.2 Å². The van der Waals surface area contributed by atoms with Crippen LogP contribution in [0.3, 0.4) is 0 Å². The maximum absolute atomic E-state index is 13.0. The second-order valence-electron chi connectivity index (χ2n) is 9.84. The zero-order valence-corrected chi connectivity index (χ0v) is 24.0. The molecule has 13 heteroatoms. The van der Waals surface area contributed by atoms with Gasteiger partial charge in [0, 0.05) is 31.8 Å². The Kier molecular flexibility index (Phi) is 9.16. The summed E-state index contributed by atoms with van der Waals surface area (Å²) in [4.78, 5) is 42.8. The average Bonchev–Trinajstić information content (AvgIpc) is 3.63. The van der Waals surface area contributed by atoms with Crippen molar-refractivity contribution in [3.63, 3.8) is 0 Å².